The molecule has 20 heavy (non-hydrogen) atoms. The van der Waals surface area contributed by atoms with E-state index < -0.39 is 37.8 Å². The van der Waals surface area contributed by atoms with Crippen molar-refractivity contribution in [2.24, 2.45) is 0 Å². The van der Waals surface area contributed by atoms with Crippen LogP contribution in [0.2, 0.25) is 0 Å². The fraction of sp³-hybridized carbons (Fsp3) is 0.636. The Balaban J connectivity index is 2.18. The van der Waals surface area contributed by atoms with Gasteiger partial charge in [0.2, 0.25) is 0 Å². The molecule has 1 fully saturated rings. The third-order valence-corrected chi connectivity index (χ3v) is 6.52. The van der Waals surface area contributed by atoms with Crippen LogP contribution >= 0.6 is 11.3 Å². The number of sulfone groups is 1. The average Bonchev–Trinajstić information content (AvgIpc) is 2.59. The van der Waals surface area contributed by atoms with E-state index in [9.17, 15) is 30.4 Å². The lowest BCUT2D eigenvalue weighted by atomic mass is 10.00. The summed E-state index contributed by atoms with van der Waals surface area (Å²) in [4.78, 5) is -1.18. The molecule has 0 aliphatic heterocycles. The van der Waals surface area contributed by atoms with Crippen LogP contribution in [-0.4, -0.2) is 19.8 Å². The van der Waals surface area contributed by atoms with Crippen molar-refractivity contribution < 1.29 is 30.4 Å². The number of hydrogen-bond donors (Lipinski definition) is 0. The Morgan fingerprint density at radius 2 is 1.80 bits per heavy atom. The molecule has 9 heteroatoms. The molecule has 0 atom stereocenters. The van der Waals surface area contributed by atoms with Crippen LogP contribution in [0.1, 0.15) is 29.7 Å². The first-order valence-corrected chi connectivity index (χ1v) is 8.37. The Morgan fingerprint density at radius 1 is 1.20 bits per heavy atom. The first-order valence-electron chi connectivity index (χ1n) is 5.78. The molecular formula is C11H11F5O2S2. The van der Waals surface area contributed by atoms with Crippen molar-refractivity contribution in [2.45, 2.75) is 42.4 Å². The van der Waals surface area contributed by atoms with Gasteiger partial charge in [-0.1, -0.05) is 6.42 Å². The highest BCUT2D eigenvalue weighted by molar-refractivity contribution is 7.91. The molecule has 114 valence electrons. The fourth-order valence-corrected chi connectivity index (χ4v) is 4.77. The highest BCUT2D eigenvalue weighted by Gasteiger charge is 2.59. The third kappa shape index (κ3) is 2.83. The second-order valence-electron chi connectivity index (χ2n) is 4.75. The van der Waals surface area contributed by atoms with Crippen molar-refractivity contribution in [3.63, 3.8) is 0 Å². The molecule has 1 aliphatic rings. The minimum Gasteiger partial charge on any atom is -0.228 e. The largest absolute Gasteiger partial charge is 0.458 e. The molecule has 1 aliphatic carbocycles. The summed E-state index contributed by atoms with van der Waals surface area (Å²) in [5, 5.41) is 0.555. The maximum atomic E-state index is 13.1. The van der Waals surface area contributed by atoms with Crippen molar-refractivity contribution in [3.05, 3.63) is 21.9 Å². The van der Waals surface area contributed by atoms with Gasteiger partial charge in [0, 0.05) is 0 Å². The predicted molar refractivity (Wildman–Crippen MR) is 64.5 cm³/mol. The van der Waals surface area contributed by atoms with Crippen LogP contribution in [-0.2, 0) is 21.5 Å². The molecule has 0 amide bonds. The topological polar surface area (TPSA) is 34.1 Å². The Morgan fingerprint density at radius 3 is 2.25 bits per heavy atom. The van der Waals surface area contributed by atoms with Crippen LogP contribution in [0.4, 0.5) is 22.0 Å². The van der Waals surface area contributed by atoms with E-state index in [0.717, 1.165) is 11.8 Å². The third-order valence-electron chi connectivity index (χ3n) is 3.25. The van der Waals surface area contributed by atoms with E-state index in [0.29, 0.717) is 18.9 Å². The SMILES string of the molecule is O=S(=O)(Cc1csc(C(F)(F)C(F)(F)F)c1)C1CCC1. The lowest BCUT2D eigenvalue weighted by Crippen LogP contribution is -2.32. The quantitative estimate of drug-likeness (QED) is 0.784. The van der Waals surface area contributed by atoms with Gasteiger partial charge in [-0.15, -0.1) is 11.3 Å². The van der Waals surface area contributed by atoms with Gasteiger partial charge in [-0.2, -0.15) is 22.0 Å². The van der Waals surface area contributed by atoms with Gasteiger partial charge in [-0.3, -0.25) is 0 Å². The lowest BCUT2D eigenvalue weighted by Gasteiger charge is -2.24. The first kappa shape index (κ1) is 15.7. The first-order chi connectivity index (χ1) is 9.04. The van der Waals surface area contributed by atoms with Gasteiger partial charge in [0.1, 0.15) is 0 Å². The zero-order valence-corrected chi connectivity index (χ0v) is 11.7. The van der Waals surface area contributed by atoms with Crippen LogP contribution in [0.3, 0.4) is 0 Å². The molecule has 0 unspecified atom stereocenters. The van der Waals surface area contributed by atoms with Crippen molar-refractivity contribution >= 4 is 21.2 Å². The van der Waals surface area contributed by atoms with Crippen molar-refractivity contribution in [3.8, 4) is 0 Å². The molecule has 1 saturated carbocycles. The molecule has 1 aromatic heterocycles. The van der Waals surface area contributed by atoms with Crippen LogP contribution in [0.25, 0.3) is 0 Å². The summed E-state index contributed by atoms with van der Waals surface area (Å²) in [5.74, 6) is -5.43. The monoisotopic (exact) mass is 334 g/mol. The number of hydrogen-bond acceptors (Lipinski definition) is 3. The van der Waals surface area contributed by atoms with E-state index in [-0.39, 0.29) is 16.9 Å². The van der Waals surface area contributed by atoms with Crippen LogP contribution < -0.4 is 0 Å². The number of rotatable bonds is 4. The summed E-state index contributed by atoms with van der Waals surface area (Å²) in [7, 11) is -3.46. The Hall–Kier alpha value is -0.700. The molecule has 2 nitrogen and oxygen atoms in total. The minimum absolute atomic E-state index is 0.0131. The summed E-state index contributed by atoms with van der Waals surface area (Å²) in [5.41, 5.74) is -0.0131. The van der Waals surface area contributed by atoms with E-state index in [4.69, 9.17) is 0 Å². The van der Waals surface area contributed by atoms with Gasteiger partial charge in [-0.25, -0.2) is 8.42 Å². The molecule has 1 aromatic rings. The van der Waals surface area contributed by atoms with Crippen molar-refractivity contribution in [1.29, 1.82) is 0 Å². The maximum absolute atomic E-state index is 13.1. The molecule has 0 spiro atoms. The molecule has 0 radical (unpaired) electrons. The van der Waals surface area contributed by atoms with E-state index in [1.54, 1.807) is 0 Å². The van der Waals surface area contributed by atoms with Crippen LogP contribution in [0.5, 0.6) is 0 Å². The summed E-state index contributed by atoms with van der Waals surface area (Å²) in [6.45, 7) is 0. The fourth-order valence-electron chi connectivity index (χ4n) is 1.84. The predicted octanol–water partition coefficient (Wildman–Crippen LogP) is 3.87. The van der Waals surface area contributed by atoms with Gasteiger partial charge in [0.25, 0.3) is 0 Å². The van der Waals surface area contributed by atoms with E-state index in [2.05, 4.69) is 0 Å². The molecule has 0 N–H and O–H groups in total. The van der Waals surface area contributed by atoms with E-state index >= 15 is 0 Å². The van der Waals surface area contributed by atoms with Gasteiger partial charge in [0.15, 0.2) is 9.84 Å². The van der Waals surface area contributed by atoms with Crippen LogP contribution in [0.15, 0.2) is 11.4 Å². The highest BCUT2D eigenvalue weighted by atomic mass is 32.2. The number of alkyl halides is 5. The van der Waals surface area contributed by atoms with Gasteiger partial charge in [-0.05, 0) is 29.9 Å². The smallest absolute Gasteiger partial charge is 0.228 e. The molecule has 0 bridgehead atoms. The van der Waals surface area contributed by atoms with E-state index in [1.807, 2.05) is 0 Å². The Labute approximate surface area is 116 Å². The normalized spacial score (nSPS) is 18.1. The zero-order valence-electron chi connectivity index (χ0n) is 10.1. The second kappa shape index (κ2) is 4.94. The lowest BCUT2D eigenvalue weighted by molar-refractivity contribution is -0.287. The Bertz CT molecular complexity index is 584. The average molecular weight is 334 g/mol. The molecule has 0 saturated heterocycles. The zero-order chi connectivity index (χ0) is 15.2. The van der Waals surface area contributed by atoms with Gasteiger partial charge in [0.05, 0.1) is 15.9 Å². The molecule has 2 rings (SSSR count). The standard InChI is InChI=1S/C11H11F5O2S2/c12-10(13,11(14,15)16)9-4-7(5-19-9)6-20(17,18)8-2-1-3-8/h4-5,8H,1-3,6H2. The summed E-state index contributed by atoms with van der Waals surface area (Å²) in [6, 6.07) is 0.633. The molecule has 0 aromatic carbocycles. The number of halogens is 5. The molecular weight excluding hydrogens is 323 g/mol. The highest BCUT2D eigenvalue weighted by Crippen LogP contribution is 2.46. The van der Waals surface area contributed by atoms with Gasteiger partial charge >= 0.3 is 12.1 Å². The van der Waals surface area contributed by atoms with Gasteiger partial charge < -0.3 is 0 Å². The second-order valence-corrected chi connectivity index (χ2v) is 7.94. The summed E-state index contributed by atoms with van der Waals surface area (Å²) < 4.78 is 86.4. The maximum Gasteiger partial charge on any atom is 0.458 e. The molecule has 1 heterocycles. The van der Waals surface area contributed by atoms with E-state index in [1.165, 1.54) is 0 Å². The summed E-state index contributed by atoms with van der Waals surface area (Å²) >= 11 is 0.227. The van der Waals surface area contributed by atoms with Crippen LogP contribution in [0, 0.1) is 0 Å². The minimum atomic E-state index is -5.68. The summed E-state index contributed by atoms with van der Waals surface area (Å²) in [6.07, 6.45) is -3.83. The van der Waals surface area contributed by atoms with Crippen molar-refractivity contribution in [1.82, 2.24) is 0 Å². The van der Waals surface area contributed by atoms with Crippen molar-refractivity contribution in [2.75, 3.05) is 0 Å². The Kier molecular flexibility index (Phi) is 3.87. The number of thiophene rings is 1.